The minimum Gasteiger partial charge on any atom is -0.341 e. The number of fused-ring (bicyclic) bond motifs is 1. The number of amides is 2. The number of hydrogen-bond donors (Lipinski definition) is 3. The zero-order chi connectivity index (χ0) is 26.9. The monoisotopic (exact) mass is 565 g/mol. The molecule has 0 aliphatic heterocycles. The Labute approximate surface area is 227 Å². The van der Waals surface area contributed by atoms with Gasteiger partial charge in [-0.05, 0) is 63.0 Å². The van der Waals surface area contributed by atoms with Gasteiger partial charge in [0, 0.05) is 16.4 Å². The Morgan fingerprint density at radius 2 is 1.68 bits per heavy atom. The van der Waals surface area contributed by atoms with Crippen LogP contribution in [-0.4, -0.2) is 40.8 Å². The Balaban J connectivity index is 0.00000400. The minimum absolute atomic E-state index is 0. The Kier molecular flexibility index (Phi) is 8.71. The van der Waals surface area contributed by atoms with Crippen LogP contribution >= 0.6 is 24.0 Å². The van der Waals surface area contributed by atoms with Crippen LogP contribution in [0.15, 0.2) is 54.6 Å². The average molecular weight is 566 g/mol. The quantitative estimate of drug-likeness (QED) is 0.248. The predicted octanol–water partition coefficient (Wildman–Crippen LogP) is 6.53. The second-order valence-electron chi connectivity index (χ2n) is 8.71. The first kappa shape index (κ1) is 29.0. The van der Waals surface area contributed by atoms with Gasteiger partial charge in [-0.3, -0.25) is 9.59 Å². The highest BCUT2D eigenvalue weighted by Crippen LogP contribution is 2.33. The number of nitrogens with one attached hydrogen (secondary N) is 3. The van der Waals surface area contributed by atoms with E-state index < -0.39 is 29.1 Å². The van der Waals surface area contributed by atoms with Gasteiger partial charge in [-0.2, -0.15) is 13.2 Å². The lowest BCUT2D eigenvalue weighted by Gasteiger charge is -2.14. The average Bonchev–Trinajstić information content (AvgIpc) is 3.22. The maximum absolute atomic E-state index is 13.4. The molecule has 1 heterocycles. The third-order valence-corrected chi connectivity index (χ3v) is 6.01. The summed E-state index contributed by atoms with van der Waals surface area (Å²) in [5.41, 5.74) is 0.598. The number of alkyl halides is 3. The van der Waals surface area contributed by atoms with Crippen molar-refractivity contribution in [3.05, 3.63) is 87.7 Å². The largest absolute Gasteiger partial charge is 0.417 e. The number of aromatic amines is 1. The van der Waals surface area contributed by atoms with Crippen molar-refractivity contribution in [2.75, 3.05) is 24.7 Å². The number of carbonyl (C=O) groups is 2. The molecule has 1 aromatic heterocycles. The summed E-state index contributed by atoms with van der Waals surface area (Å²) in [7, 11) is 3.71. The fourth-order valence-corrected chi connectivity index (χ4v) is 4.02. The van der Waals surface area contributed by atoms with E-state index in [0.29, 0.717) is 39.7 Å². The highest BCUT2D eigenvalue weighted by Gasteiger charge is 2.35. The predicted molar refractivity (Wildman–Crippen MR) is 144 cm³/mol. The number of aromatic nitrogens is 2. The van der Waals surface area contributed by atoms with Crippen molar-refractivity contribution < 1.29 is 22.8 Å². The maximum atomic E-state index is 13.4. The molecule has 0 aliphatic carbocycles. The van der Waals surface area contributed by atoms with Gasteiger partial charge >= 0.3 is 6.18 Å². The Morgan fingerprint density at radius 1 is 1.00 bits per heavy atom. The number of anilines is 2. The summed E-state index contributed by atoms with van der Waals surface area (Å²) in [5, 5.41) is 5.77. The first-order valence-electron chi connectivity index (χ1n) is 11.2. The van der Waals surface area contributed by atoms with E-state index in [9.17, 15) is 22.8 Å². The van der Waals surface area contributed by atoms with E-state index in [1.165, 1.54) is 24.3 Å². The smallest absolute Gasteiger partial charge is 0.341 e. The summed E-state index contributed by atoms with van der Waals surface area (Å²) in [6, 6.07) is 12.5. The van der Waals surface area contributed by atoms with Gasteiger partial charge in [0.15, 0.2) is 0 Å². The van der Waals surface area contributed by atoms with E-state index in [0.717, 1.165) is 12.1 Å². The van der Waals surface area contributed by atoms with Crippen LogP contribution in [-0.2, 0) is 12.7 Å². The van der Waals surface area contributed by atoms with Gasteiger partial charge in [-0.1, -0.05) is 29.8 Å². The molecule has 0 unspecified atom stereocenters. The van der Waals surface area contributed by atoms with Crippen LogP contribution in [0.3, 0.4) is 0 Å². The topological polar surface area (TPSA) is 90.1 Å². The normalized spacial score (nSPS) is 11.4. The molecule has 0 bridgehead atoms. The molecule has 7 nitrogen and oxygen atoms in total. The molecular formula is C26H24Cl2F3N5O2. The molecule has 12 heteroatoms. The summed E-state index contributed by atoms with van der Waals surface area (Å²) in [4.78, 5) is 35.7. The molecule has 0 saturated carbocycles. The van der Waals surface area contributed by atoms with E-state index in [4.69, 9.17) is 11.6 Å². The Hall–Kier alpha value is -3.60. The first-order valence-corrected chi connectivity index (χ1v) is 11.5. The first-order chi connectivity index (χ1) is 17.4. The summed E-state index contributed by atoms with van der Waals surface area (Å²) >= 11 is 6.17. The molecule has 0 spiro atoms. The highest BCUT2D eigenvalue weighted by atomic mass is 35.5. The van der Waals surface area contributed by atoms with Crippen molar-refractivity contribution in [2.24, 2.45) is 0 Å². The van der Waals surface area contributed by atoms with Gasteiger partial charge in [0.1, 0.15) is 11.3 Å². The molecule has 3 aromatic carbocycles. The molecule has 0 atom stereocenters. The maximum Gasteiger partial charge on any atom is 0.417 e. The molecule has 0 aliphatic rings. The van der Waals surface area contributed by atoms with Crippen molar-refractivity contribution in [1.82, 2.24) is 14.9 Å². The van der Waals surface area contributed by atoms with Crippen LogP contribution in [0.4, 0.5) is 24.5 Å². The van der Waals surface area contributed by atoms with Gasteiger partial charge in [0.25, 0.3) is 11.8 Å². The summed E-state index contributed by atoms with van der Waals surface area (Å²) in [6.07, 6.45) is -4.71. The van der Waals surface area contributed by atoms with E-state index in [2.05, 4.69) is 20.6 Å². The fourth-order valence-electron chi connectivity index (χ4n) is 3.85. The van der Waals surface area contributed by atoms with Crippen molar-refractivity contribution in [2.45, 2.75) is 19.6 Å². The third-order valence-electron chi connectivity index (χ3n) is 5.60. The lowest BCUT2D eigenvalue weighted by molar-refractivity contribution is -0.137. The lowest BCUT2D eigenvalue weighted by atomic mass is 10.1. The summed E-state index contributed by atoms with van der Waals surface area (Å²) in [5.74, 6) is -0.915. The van der Waals surface area contributed by atoms with E-state index >= 15 is 0 Å². The summed E-state index contributed by atoms with van der Waals surface area (Å²) < 4.78 is 40.3. The van der Waals surface area contributed by atoms with Gasteiger partial charge in [-0.25, -0.2) is 4.98 Å². The number of halogens is 5. The van der Waals surface area contributed by atoms with Crippen molar-refractivity contribution in [3.8, 4) is 0 Å². The van der Waals surface area contributed by atoms with Crippen LogP contribution in [0.2, 0.25) is 5.02 Å². The number of nitrogens with zero attached hydrogens (tertiary/aromatic N) is 2. The van der Waals surface area contributed by atoms with Gasteiger partial charge < -0.3 is 20.5 Å². The highest BCUT2D eigenvalue weighted by molar-refractivity contribution is 6.31. The zero-order valence-corrected chi connectivity index (χ0v) is 22.1. The summed E-state index contributed by atoms with van der Waals surface area (Å²) in [6.45, 7) is 2.20. The van der Waals surface area contributed by atoms with Crippen molar-refractivity contribution in [1.29, 1.82) is 0 Å². The van der Waals surface area contributed by atoms with Crippen LogP contribution in [0.25, 0.3) is 11.0 Å². The Morgan fingerprint density at radius 3 is 2.37 bits per heavy atom. The number of rotatable bonds is 6. The van der Waals surface area contributed by atoms with Crippen LogP contribution in [0, 0.1) is 6.92 Å². The third kappa shape index (κ3) is 6.27. The number of carbonyl (C=O) groups excluding carboxylic acids is 2. The van der Waals surface area contributed by atoms with Gasteiger partial charge in [0.05, 0.1) is 28.8 Å². The lowest BCUT2D eigenvalue weighted by Crippen LogP contribution is -2.19. The molecule has 4 rings (SSSR count). The molecule has 4 aromatic rings. The molecule has 0 radical (unpaired) electrons. The number of hydrogen-bond acceptors (Lipinski definition) is 4. The molecule has 0 saturated heterocycles. The second-order valence-corrected chi connectivity index (χ2v) is 9.11. The Bertz CT molecular complexity index is 1500. The van der Waals surface area contributed by atoms with Crippen LogP contribution < -0.4 is 10.6 Å². The number of benzene rings is 3. The standard InChI is InChI=1S/C26H23ClF3N5O2.ClH/c1-14-19(27)9-6-10-20(14)33-25(37)17-11-15(12-21-23(17)34-22(32-21)13-35(2)3)31-24(36)16-7-4-5-8-18(16)26(28,29)30;/h4-12H,13H2,1-3H3,(H,31,36)(H,32,34)(H,33,37);1H. The van der Waals surface area contributed by atoms with E-state index in [1.807, 2.05) is 19.0 Å². The number of imidazole rings is 1. The molecule has 200 valence electrons. The molecule has 2 amide bonds. The fraction of sp³-hybridized carbons (Fsp3) is 0.192. The second kappa shape index (κ2) is 11.4. The molecule has 0 fully saturated rings. The zero-order valence-electron chi connectivity index (χ0n) is 20.5. The van der Waals surface area contributed by atoms with Crippen LogP contribution in [0.1, 0.15) is 37.7 Å². The van der Waals surface area contributed by atoms with E-state index in [1.54, 1.807) is 25.1 Å². The van der Waals surface area contributed by atoms with Crippen LogP contribution in [0.5, 0.6) is 0 Å². The van der Waals surface area contributed by atoms with Crippen molar-refractivity contribution >= 4 is 58.2 Å². The van der Waals surface area contributed by atoms with Crippen molar-refractivity contribution in [3.63, 3.8) is 0 Å². The molecular weight excluding hydrogens is 542 g/mol. The SMILES string of the molecule is Cc1c(Cl)cccc1NC(=O)c1cc(NC(=O)c2ccccc2C(F)(F)F)cc2[nH]c(CN(C)C)nc12.Cl. The molecule has 3 N–H and O–H groups in total. The van der Waals surface area contributed by atoms with Gasteiger partial charge in [0.2, 0.25) is 0 Å². The minimum atomic E-state index is -4.71. The molecule has 38 heavy (non-hydrogen) atoms. The van der Waals surface area contributed by atoms with Gasteiger partial charge in [-0.15, -0.1) is 12.4 Å². The number of H-pyrrole nitrogens is 1. The van der Waals surface area contributed by atoms with E-state index in [-0.39, 0.29) is 23.7 Å².